The third kappa shape index (κ3) is 4.22. The molecule has 0 unspecified atom stereocenters. The van der Waals surface area contributed by atoms with Crippen LogP contribution < -0.4 is 6.64 Å². The second-order valence-corrected chi connectivity index (χ2v) is 11.0. The predicted molar refractivity (Wildman–Crippen MR) is 101 cm³/mol. The SMILES string of the molecule is N=Cc1cc(C(=O)N2CCCCC2)cc[c]1[In][c]1cccc(Cl)c1. The number of nitrogens with zero attached hydrogens (tertiary/aromatic N) is 1. The molecule has 2 aromatic rings. The van der Waals surface area contributed by atoms with Crippen LogP contribution in [0.4, 0.5) is 0 Å². The van der Waals surface area contributed by atoms with Crippen molar-refractivity contribution in [3.05, 3.63) is 58.6 Å². The van der Waals surface area contributed by atoms with Gasteiger partial charge in [0.2, 0.25) is 0 Å². The first kappa shape index (κ1) is 17.6. The van der Waals surface area contributed by atoms with E-state index >= 15 is 0 Å². The van der Waals surface area contributed by atoms with E-state index in [1.165, 1.54) is 19.3 Å². The fourth-order valence-corrected chi connectivity index (χ4v) is 7.39. The zero-order valence-electron chi connectivity index (χ0n) is 13.5. The summed E-state index contributed by atoms with van der Waals surface area (Å²) in [6.45, 7) is 1.70. The van der Waals surface area contributed by atoms with Gasteiger partial charge in [-0.1, -0.05) is 0 Å². The summed E-state index contributed by atoms with van der Waals surface area (Å²) in [5, 5.41) is 8.49. The molecule has 24 heavy (non-hydrogen) atoms. The van der Waals surface area contributed by atoms with Crippen LogP contribution in [0.25, 0.3) is 0 Å². The molecule has 1 aliphatic rings. The molecular weight excluding hydrogens is 422 g/mol. The second kappa shape index (κ2) is 8.21. The summed E-state index contributed by atoms with van der Waals surface area (Å²) >= 11 is 4.83. The first-order valence-corrected chi connectivity index (χ1v) is 11.9. The number of hydrogen-bond donors (Lipinski definition) is 1. The maximum absolute atomic E-state index is 12.6. The van der Waals surface area contributed by atoms with E-state index in [0.717, 1.165) is 36.5 Å². The molecule has 0 spiro atoms. The normalized spacial score (nSPS) is 14.3. The Balaban J connectivity index is 1.82. The van der Waals surface area contributed by atoms with Crippen LogP contribution in [0.5, 0.6) is 0 Å². The number of benzene rings is 2. The number of nitrogens with one attached hydrogen (secondary N) is 1. The molecule has 0 saturated carbocycles. The molecule has 1 aliphatic heterocycles. The van der Waals surface area contributed by atoms with E-state index in [1.807, 2.05) is 41.3 Å². The Bertz CT molecular complexity index is 757. The fourth-order valence-electron chi connectivity index (χ4n) is 3.02. The van der Waals surface area contributed by atoms with Crippen LogP contribution in [0, 0.1) is 5.41 Å². The summed E-state index contributed by atoms with van der Waals surface area (Å²) in [5.41, 5.74) is 1.58. The van der Waals surface area contributed by atoms with Crippen LogP contribution in [0.3, 0.4) is 0 Å². The van der Waals surface area contributed by atoms with Crippen LogP contribution >= 0.6 is 11.6 Å². The van der Waals surface area contributed by atoms with Crippen LogP contribution in [0.1, 0.15) is 35.2 Å². The van der Waals surface area contributed by atoms with Crippen molar-refractivity contribution in [2.24, 2.45) is 0 Å². The Hall–Kier alpha value is -1.26. The van der Waals surface area contributed by atoms with Gasteiger partial charge < -0.3 is 0 Å². The first-order valence-electron chi connectivity index (χ1n) is 8.21. The van der Waals surface area contributed by atoms with E-state index in [4.69, 9.17) is 17.0 Å². The van der Waals surface area contributed by atoms with Crippen LogP contribution in [-0.2, 0) is 0 Å². The molecule has 3 nitrogen and oxygen atoms in total. The quantitative estimate of drug-likeness (QED) is 0.729. The fraction of sp³-hybridized carbons (Fsp3) is 0.263. The van der Waals surface area contributed by atoms with Gasteiger partial charge in [-0.05, 0) is 0 Å². The van der Waals surface area contributed by atoms with Crippen LogP contribution in [-0.4, -0.2) is 53.0 Å². The maximum atomic E-state index is 12.6. The summed E-state index contributed by atoms with van der Waals surface area (Å²) in [5.74, 6) is 0.0971. The summed E-state index contributed by atoms with van der Waals surface area (Å²) in [6, 6.07) is 13.8. The van der Waals surface area contributed by atoms with Crippen molar-refractivity contribution in [2.45, 2.75) is 19.3 Å². The molecule has 1 fully saturated rings. The van der Waals surface area contributed by atoms with Crippen molar-refractivity contribution in [3.63, 3.8) is 0 Å². The van der Waals surface area contributed by atoms with Crippen molar-refractivity contribution in [1.82, 2.24) is 4.90 Å². The topological polar surface area (TPSA) is 44.2 Å². The molecular formula is C19H19ClInN2O. The first-order chi connectivity index (χ1) is 11.7. The van der Waals surface area contributed by atoms with Gasteiger partial charge in [0, 0.05) is 0 Å². The molecule has 0 atom stereocenters. The standard InChI is InChI=1S/C13H15N2O.C6H4Cl.In/c14-10-11-5-4-6-12(9-11)13(16)15-7-2-1-3-8-15;7-6-4-2-1-3-5-6;/h4,6,9-10,14H,1-3,7-8H2;1-2,4-5H;. The Morgan fingerprint density at radius 3 is 2.62 bits per heavy atom. The molecule has 2 aromatic carbocycles. The molecule has 1 saturated heterocycles. The molecule has 121 valence electrons. The van der Waals surface area contributed by atoms with Crippen molar-refractivity contribution in [1.29, 1.82) is 5.41 Å². The van der Waals surface area contributed by atoms with Crippen molar-refractivity contribution >= 4 is 53.3 Å². The molecule has 5 heteroatoms. The Labute approximate surface area is 158 Å². The number of carbonyl (C=O) groups excluding carboxylic acids is 1. The summed E-state index contributed by atoms with van der Waals surface area (Å²) in [6.07, 6.45) is 4.76. The number of carbonyl (C=O) groups is 1. The Kier molecular flexibility index (Phi) is 6.01. The zero-order chi connectivity index (χ0) is 16.9. The van der Waals surface area contributed by atoms with E-state index < -0.39 is 22.9 Å². The van der Waals surface area contributed by atoms with Gasteiger partial charge in [-0.15, -0.1) is 0 Å². The van der Waals surface area contributed by atoms with Crippen molar-refractivity contribution in [3.8, 4) is 0 Å². The van der Waals surface area contributed by atoms with Crippen LogP contribution in [0.15, 0.2) is 42.5 Å². The molecule has 1 heterocycles. The number of hydrogen-bond acceptors (Lipinski definition) is 2. The summed E-state index contributed by atoms with van der Waals surface area (Å²) in [4.78, 5) is 14.6. The molecule has 1 N–H and O–H groups in total. The predicted octanol–water partition coefficient (Wildman–Crippen LogP) is 2.62. The van der Waals surface area contributed by atoms with Gasteiger partial charge in [0.15, 0.2) is 0 Å². The minimum atomic E-state index is -1.24. The van der Waals surface area contributed by atoms with E-state index in [1.54, 1.807) is 0 Å². The number of likely N-dealkylation sites (tertiary alicyclic amines) is 1. The van der Waals surface area contributed by atoms with E-state index in [9.17, 15) is 4.79 Å². The number of halogens is 1. The van der Waals surface area contributed by atoms with Gasteiger partial charge in [0.25, 0.3) is 0 Å². The van der Waals surface area contributed by atoms with Gasteiger partial charge in [-0.2, -0.15) is 0 Å². The molecule has 1 amide bonds. The average molecular weight is 442 g/mol. The van der Waals surface area contributed by atoms with E-state index in [-0.39, 0.29) is 5.91 Å². The molecule has 0 bridgehead atoms. The monoisotopic (exact) mass is 441 g/mol. The van der Waals surface area contributed by atoms with Crippen LogP contribution in [0.2, 0.25) is 5.02 Å². The van der Waals surface area contributed by atoms with Gasteiger partial charge in [0.1, 0.15) is 0 Å². The van der Waals surface area contributed by atoms with E-state index in [2.05, 4.69) is 6.07 Å². The Morgan fingerprint density at radius 2 is 1.92 bits per heavy atom. The third-order valence-corrected chi connectivity index (χ3v) is 8.90. The Morgan fingerprint density at radius 1 is 1.12 bits per heavy atom. The minimum absolute atomic E-state index is 0.0971. The van der Waals surface area contributed by atoms with Gasteiger partial charge >= 0.3 is 159 Å². The van der Waals surface area contributed by atoms with E-state index in [0.29, 0.717) is 5.56 Å². The summed E-state index contributed by atoms with van der Waals surface area (Å²) in [7, 11) is 0. The van der Waals surface area contributed by atoms with Crippen molar-refractivity contribution in [2.75, 3.05) is 13.1 Å². The molecule has 0 aromatic heterocycles. The number of rotatable bonds is 4. The third-order valence-electron chi connectivity index (χ3n) is 4.30. The zero-order valence-corrected chi connectivity index (χ0v) is 17.5. The van der Waals surface area contributed by atoms with Gasteiger partial charge in [-0.3, -0.25) is 0 Å². The van der Waals surface area contributed by atoms with Gasteiger partial charge in [0.05, 0.1) is 0 Å². The molecule has 3 rings (SSSR count). The molecule has 1 radical (unpaired) electrons. The number of amides is 1. The second-order valence-electron chi connectivity index (χ2n) is 6.04. The van der Waals surface area contributed by atoms with Crippen molar-refractivity contribution < 1.29 is 4.79 Å². The summed E-state index contributed by atoms with van der Waals surface area (Å²) < 4.78 is 2.51. The average Bonchev–Trinajstić information content (AvgIpc) is 2.62. The number of piperidine rings is 1. The molecule has 0 aliphatic carbocycles. The van der Waals surface area contributed by atoms with Gasteiger partial charge in [-0.25, -0.2) is 0 Å².